The van der Waals surface area contributed by atoms with Crippen LogP contribution in [0.25, 0.3) is 5.76 Å². The predicted molar refractivity (Wildman–Crippen MR) is 125 cm³/mol. The third kappa shape index (κ3) is 3.98. The van der Waals surface area contributed by atoms with E-state index in [-0.39, 0.29) is 17.0 Å². The van der Waals surface area contributed by atoms with Crippen LogP contribution in [0.15, 0.2) is 66.2 Å². The smallest absolute Gasteiger partial charge is 0.300 e. The highest BCUT2D eigenvalue weighted by Gasteiger charge is 2.47. The maximum absolute atomic E-state index is 14.0. The van der Waals surface area contributed by atoms with Crippen molar-refractivity contribution in [3.63, 3.8) is 0 Å². The molecule has 0 radical (unpaired) electrons. The second kappa shape index (κ2) is 8.71. The van der Waals surface area contributed by atoms with Gasteiger partial charge in [-0.1, -0.05) is 29.8 Å². The zero-order valence-corrected chi connectivity index (χ0v) is 19.0. The van der Waals surface area contributed by atoms with Gasteiger partial charge in [0.1, 0.15) is 17.3 Å². The van der Waals surface area contributed by atoms with Gasteiger partial charge in [0, 0.05) is 16.3 Å². The first-order chi connectivity index (χ1) is 15.7. The fraction of sp³-hybridized carbons (Fsp3) is 0.154. The Morgan fingerprint density at radius 2 is 1.73 bits per heavy atom. The number of aliphatic hydroxyl groups excluding tert-OH is 1. The normalized spacial score (nSPS) is 17.5. The molecule has 168 valence electrons. The molecule has 0 aromatic heterocycles. The minimum Gasteiger partial charge on any atom is -0.507 e. The average molecular weight is 466 g/mol. The molecule has 3 aromatic rings. The van der Waals surface area contributed by atoms with Crippen LogP contribution in [0.5, 0.6) is 5.75 Å². The minimum atomic E-state index is -0.967. The molecule has 33 heavy (non-hydrogen) atoms. The highest BCUT2D eigenvalue weighted by molar-refractivity contribution is 6.51. The number of Topliss-reactive ketones (excluding diaryl/α,β-unsaturated/α-hetero) is 1. The number of nitrogens with zero attached hydrogens (tertiary/aromatic N) is 1. The number of hydrogen-bond donors (Lipinski definition) is 1. The lowest BCUT2D eigenvalue weighted by Crippen LogP contribution is -2.29. The van der Waals surface area contributed by atoms with Gasteiger partial charge < -0.3 is 9.84 Å². The van der Waals surface area contributed by atoms with Gasteiger partial charge in [-0.05, 0) is 73.0 Å². The van der Waals surface area contributed by atoms with Gasteiger partial charge in [0.15, 0.2) is 0 Å². The maximum Gasteiger partial charge on any atom is 0.300 e. The lowest BCUT2D eigenvalue weighted by Gasteiger charge is -2.25. The number of amides is 1. The van der Waals surface area contributed by atoms with E-state index in [1.807, 2.05) is 6.92 Å². The molecule has 1 amide bonds. The molecule has 0 bridgehead atoms. The molecular formula is C26H21ClFNO4. The second-order valence-electron chi connectivity index (χ2n) is 7.84. The van der Waals surface area contributed by atoms with Crippen molar-refractivity contribution < 1.29 is 23.8 Å². The SMILES string of the molecule is COc1cc(C)c(/C(O)=C2\C(=O)C(=O)N(c3cccc(F)c3)C2c2ccc(Cl)cc2)cc1C. The molecule has 1 aliphatic heterocycles. The molecule has 0 spiro atoms. The first kappa shape index (κ1) is 22.6. The van der Waals surface area contributed by atoms with Crippen molar-refractivity contribution in [2.75, 3.05) is 12.0 Å². The molecular weight excluding hydrogens is 445 g/mol. The van der Waals surface area contributed by atoms with E-state index in [2.05, 4.69) is 0 Å². The van der Waals surface area contributed by atoms with E-state index in [0.29, 0.717) is 27.5 Å². The Balaban J connectivity index is 1.98. The Bertz CT molecular complexity index is 1300. The van der Waals surface area contributed by atoms with Gasteiger partial charge in [-0.15, -0.1) is 0 Å². The quantitative estimate of drug-likeness (QED) is 0.303. The third-order valence-electron chi connectivity index (χ3n) is 5.71. The number of halogens is 2. The molecule has 5 nitrogen and oxygen atoms in total. The number of benzene rings is 3. The predicted octanol–water partition coefficient (Wildman–Crippen LogP) is 5.73. The highest BCUT2D eigenvalue weighted by atomic mass is 35.5. The van der Waals surface area contributed by atoms with Crippen LogP contribution in [0.4, 0.5) is 10.1 Å². The minimum absolute atomic E-state index is 0.0840. The van der Waals surface area contributed by atoms with Crippen molar-refractivity contribution in [3.8, 4) is 5.75 Å². The van der Waals surface area contributed by atoms with Gasteiger partial charge in [-0.2, -0.15) is 0 Å². The number of aryl methyl sites for hydroxylation is 2. The van der Waals surface area contributed by atoms with Crippen molar-refractivity contribution in [1.82, 2.24) is 0 Å². The van der Waals surface area contributed by atoms with E-state index in [1.54, 1.807) is 56.5 Å². The number of anilines is 1. The highest BCUT2D eigenvalue weighted by Crippen LogP contribution is 2.43. The molecule has 7 heteroatoms. The van der Waals surface area contributed by atoms with E-state index in [0.717, 1.165) is 5.56 Å². The van der Waals surface area contributed by atoms with Crippen LogP contribution in [-0.4, -0.2) is 23.9 Å². The summed E-state index contributed by atoms with van der Waals surface area (Å²) in [5.41, 5.74) is 2.50. The summed E-state index contributed by atoms with van der Waals surface area (Å²) in [6.45, 7) is 3.59. The first-order valence-corrected chi connectivity index (χ1v) is 10.6. The Labute approximate surface area is 195 Å². The zero-order chi connectivity index (χ0) is 23.9. The fourth-order valence-corrected chi connectivity index (χ4v) is 4.22. The summed E-state index contributed by atoms with van der Waals surface area (Å²) in [4.78, 5) is 27.5. The van der Waals surface area contributed by atoms with Crippen molar-refractivity contribution in [3.05, 3.63) is 99.3 Å². The molecule has 0 aliphatic carbocycles. The summed E-state index contributed by atoms with van der Waals surface area (Å²) in [6, 6.07) is 14.5. The molecule has 1 N–H and O–H groups in total. The van der Waals surface area contributed by atoms with Crippen LogP contribution in [-0.2, 0) is 9.59 Å². The molecule has 1 aliphatic rings. The van der Waals surface area contributed by atoms with Crippen LogP contribution >= 0.6 is 11.6 Å². The molecule has 0 saturated carbocycles. The zero-order valence-electron chi connectivity index (χ0n) is 18.2. The second-order valence-corrected chi connectivity index (χ2v) is 8.27. The Hall–Kier alpha value is -3.64. The molecule has 1 unspecified atom stereocenters. The standard InChI is InChI=1S/C26H21ClFNO4/c1-14-12-21(33-3)15(2)11-20(14)24(30)22-23(16-7-9-17(27)10-8-16)29(26(32)25(22)31)19-6-4-5-18(28)13-19/h4-13,23,30H,1-3H3/b24-22+. The van der Waals surface area contributed by atoms with Crippen LogP contribution < -0.4 is 9.64 Å². The molecule has 3 aromatic carbocycles. The lowest BCUT2D eigenvalue weighted by atomic mass is 9.93. The summed E-state index contributed by atoms with van der Waals surface area (Å²) < 4.78 is 19.3. The van der Waals surface area contributed by atoms with Crippen molar-refractivity contribution in [2.24, 2.45) is 0 Å². The molecule has 1 heterocycles. The van der Waals surface area contributed by atoms with Gasteiger partial charge in [-0.3, -0.25) is 14.5 Å². The van der Waals surface area contributed by atoms with E-state index >= 15 is 0 Å². The molecule has 4 rings (SSSR count). The Morgan fingerprint density at radius 3 is 2.36 bits per heavy atom. The van der Waals surface area contributed by atoms with E-state index in [4.69, 9.17) is 16.3 Å². The summed E-state index contributed by atoms with van der Waals surface area (Å²) in [5, 5.41) is 11.8. The molecule has 1 fully saturated rings. The summed E-state index contributed by atoms with van der Waals surface area (Å²) in [5.74, 6) is -1.94. The number of rotatable bonds is 4. The topological polar surface area (TPSA) is 66.8 Å². The fourth-order valence-electron chi connectivity index (χ4n) is 4.10. The lowest BCUT2D eigenvalue weighted by molar-refractivity contribution is -0.132. The number of carbonyl (C=O) groups is 2. The van der Waals surface area contributed by atoms with Gasteiger partial charge in [0.25, 0.3) is 11.7 Å². The third-order valence-corrected chi connectivity index (χ3v) is 5.97. The van der Waals surface area contributed by atoms with Gasteiger partial charge in [-0.25, -0.2) is 4.39 Å². The molecule has 1 atom stereocenters. The van der Waals surface area contributed by atoms with Gasteiger partial charge in [0.2, 0.25) is 0 Å². The van der Waals surface area contributed by atoms with Crippen molar-refractivity contribution >= 4 is 34.7 Å². The largest absolute Gasteiger partial charge is 0.507 e. The van der Waals surface area contributed by atoms with Crippen molar-refractivity contribution in [1.29, 1.82) is 0 Å². The van der Waals surface area contributed by atoms with E-state index < -0.39 is 23.5 Å². The number of methoxy groups -OCH3 is 1. The monoisotopic (exact) mass is 465 g/mol. The Kier molecular flexibility index (Phi) is 5.95. The molecule has 1 saturated heterocycles. The van der Waals surface area contributed by atoms with Crippen LogP contribution in [0, 0.1) is 19.7 Å². The van der Waals surface area contributed by atoms with Crippen LogP contribution in [0.1, 0.15) is 28.3 Å². The number of ether oxygens (including phenoxy) is 1. The summed E-state index contributed by atoms with van der Waals surface area (Å²) in [7, 11) is 1.55. The van der Waals surface area contributed by atoms with E-state index in [1.165, 1.54) is 23.1 Å². The van der Waals surface area contributed by atoms with E-state index in [9.17, 15) is 19.1 Å². The van der Waals surface area contributed by atoms with Gasteiger partial charge in [0.05, 0.1) is 18.7 Å². The summed E-state index contributed by atoms with van der Waals surface area (Å²) >= 11 is 6.04. The Morgan fingerprint density at radius 1 is 1.03 bits per heavy atom. The van der Waals surface area contributed by atoms with Crippen molar-refractivity contribution in [2.45, 2.75) is 19.9 Å². The number of hydrogen-bond acceptors (Lipinski definition) is 4. The van der Waals surface area contributed by atoms with Crippen LogP contribution in [0.3, 0.4) is 0 Å². The van der Waals surface area contributed by atoms with Gasteiger partial charge >= 0.3 is 0 Å². The van der Waals surface area contributed by atoms with Crippen LogP contribution in [0.2, 0.25) is 5.02 Å². The summed E-state index contributed by atoms with van der Waals surface area (Å²) in [6.07, 6.45) is 0. The number of carbonyl (C=O) groups excluding carboxylic acids is 2. The number of aliphatic hydroxyl groups is 1. The number of ketones is 1. The maximum atomic E-state index is 14.0. The first-order valence-electron chi connectivity index (χ1n) is 10.2. The average Bonchev–Trinajstić information content (AvgIpc) is 3.05.